The summed E-state index contributed by atoms with van der Waals surface area (Å²) in [6.07, 6.45) is 0. The van der Waals surface area contributed by atoms with Gasteiger partial charge in [-0.05, 0) is 24.3 Å². The SMILES string of the molecule is CN(C(=N)N)C(=O)c1cc2cc(F)ccc2[nH]1.Cl. The summed E-state index contributed by atoms with van der Waals surface area (Å²) >= 11 is 0. The van der Waals surface area contributed by atoms with Crippen molar-refractivity contribution < 1.29 is 9.18 Å². The van der Waals surface area contributed by atoms with Crippen molar-refractivity contribution in [3.63, 3.8) is 0 Å². The number of hydrogen-bond donors (Lipinski definition) is 3. The molecule has 0 saturated heterocycles. The number of H-pyrrole nitrogens is 1. The zero-order chi connectivity index (χ0) is 12.6. The number of amides is 1. The summed E-state index contributed by atoms with van der Waals surface area (Å²) in [4.78, 5) is 15.7. The number of nitrogens with zero attached hydrogens (tertiary/aromatic N) is 1. The molecular weight excluding hydrogens is 259 g/mol. The second kappa shape index (κ2) is 5.05. The number of guanidine groups is 1. The summed E-state index contributed by atoms with van der Waals surface area (Å²) in [5.74, 6) is -1.15. The van der Waals surface area contributed by atoms with Gasteiger partial charge in [-0.15, -0.1) is 12.4 Å². The molecule has 0 fully saturated rings. The number of aromatic nitrogens is 1. The molecule has 18 heavy (non-hydrogen) atoms. The van der Waals surface area contributed by atoms with Crippen molar-refractivity contribution in [1.29, 1.82) is 5.41 Å². The van der Waals surface area contributed by atoms with Crippen LogP contribution >= 0.6 is 12.4 Å². The molecule has 96 valence electrons. The first-order chi connectivity index (χ1) is 7.99. The number of nitrogens with two attached hydrogens (primary N) is 1. The van der Waals surface area contributed by atoms with E-state index in [2.05, 4.69) is 4.98 Å². The Bertz CT molecular complexity index is 610. The van der Waals surface area contributed by atoms with Crippen molar-refractivity contribution in [2.45, 2.75) is 0 Å². The molecule has 0 radical (unpaired) electrons. The van der Waals surface area contributed by atoms with Gasteiger partial charge in [-0.1, -0.05) is 0 Å². The highest BCUT2D eigenvalue weighted by Crippen LogP contribution is 2.17. The molecule has 5 nitrogen and oxygen atoms in total. The van der Waals surface area contributed by atoms with Crippen LogP contribution in [0.25, 0.3) is 10.9 Å². The Labute approximate surface area is 109 Å². The molecule has 0 spiro atoms. The molecule has 1 aromatic carbocycles. The second-order valence-corrected chi connectivity index (χ2v) is 3.66. The van der Waals surface area contributed by atoms with Crippen LogP contribution in [0.4, 0.5) is 4.39 Å². The maximum Gasteiger partial charge on any atom is 0.276 e. The number of benzene rings is 1. The van der Waals surface area contributed by atoms with E-state index in [0.717, 1.165) is 4.90 Å². The Morgan fingerprint density at radius 1 is 1.44 bits per heavy atom. The third-order valence-corrected chi connectivity index (χ3v) is 2.48. The fraction of sp³-hybridized carbons (Fsp3) is 0.0909. The molecule has 0 unspecified atom stereocenters. The van der Waals surface area contributed by atoms with Crippen LogP contribution in [0.15, 0.2) is 24.3 Å². The van der Waals surface area contributed by atoms with Gasteiger partial charge in [-0.3, -0.25) is 15.1 Å². The van der Waals surface area contributed by atoms with Crippen molar-refractivity contribution >= 4 is 35.2 Å². The third-order valence-electron chi connectivity index (χ3n) is 2.48. The normalized spacial score (nSPS) is 9.89. The summed E-state index contributed by atoms with van der Waals surface area (Å²) in [6.45, 7) is 0. The Morgan fingerprint density at radius 2 is 2.11 bits per heavy atom. The van der Waals surface area contributed by atoms with Crippen LogP contribution in [0.2, 0.25) is 0 Å². The zero-order valence-electron chi connectivity index (χ0n) is 9.53. The fourth-order valence-corrected chi connectivity index (χ4v) is 1.51. The lowest BCUT2D eigenvalue weighted by molar-refractivity contribution is 0.0864. The predicted molar refractivity (Wildman–Crippen MR) is 69.5 cm³/mol. The predicted octanol–water partition coefficient (Wildman–Crippen LogP) is 1.69. The number of hydrogen-bond acceptors (Lipinski definition) is 2. The number of fused-ring (bicyclic) bond motifs is 1. The lowest BCUT2D eigenvalue weighted by Gasteiger charge is -2.12. The molecule has 1 amide bonds. The highest BCUT2D eigenvalue weighted by Gasteiger charge is 2.16. The highest BCUT2D eigenvalue weighted by molar-refractivity contribution is 6.05. The molecular formula is C11H12ClFN4O. The number of carbonyl (C=O) groups is 1. The van der Waals surface area contributed by atoms with Gasteiger partial charge in [0.15, 0.2) is 5.96 Å². The van der Waals surface area contributed by atoms with E-state index >= 15 is 0 Å². The fourth-order valence-electron chi connectivity index (χ4n) is 1.51. The Balaban J connectivity index is 0.00000162. The van der Waals surface area contributed by atoms with E-state index in [1.165, 1.54) is 25.2 Å². The van der Waals surface area contributed by atoms with Crippen LogP contribution in [0, 0.1) is 11.2 Å². The van der Waals surface area contributed by atoms with Crippen LogP contribution in [-0.2, 0) is 0 Å². The van der Waals surface area contributed by atoms with Gasteiger partial charge in [0.1, 0.15) is 11.5 Å². The van der Waals surface area contributed by atoms with Gasteiger partial charge in [-0.25, -0.2) is 4.39 Å². The molecule has 0 bridgehead atoms. The second-order valence-electron chi connectivity index (χ2n) is 3.66. The Morgan fingerprint density at radius 3 is 2.72 bits per heavy atom. The molecule has 1 aromatic heterocycles. The average molecular weight is 271 g/mol. The summed E-state index contributed by atoms with van der Waals surface area (Å²) in [7, 11) is 1.40. The van der Waals surface area contributed by atoms with Crippen LogP contribution in [-0.4, -0.2) is 28.8 Å². The molecule has 2 aromatic rings. The molecule has 0 saturated carbocycles. The number of aromatic amines is 1. The van der Waals surface area contributed by atoms with Crippen molar-refractivity contribution in [2.24, 2.45) is 5.73 Å². The minimum Gasteiger partial charge on any atom is -0.370 e. The molecule has 0 atom stereocenters. The maximum absolute atomic E-state index is 13.0. The topological polar surface area (TPSA) is 86.0 Å². The molecule has 0 aliphatic rings. The van der Waals surface area contributed by atoms with E-state index in [0.29, 0.717) is 10.9 Å². The third kappa shape index (κ3) is 2.43. The molecule has 7 heteroatoms. The van der Waals surface area contributed by atoms with Crippen LogP contribution in [0.3, 0.4) is 0 Å². The molecule has 2 rings (SSSR count). The Hall–Kier alpha value is -2.08. The number of carbonyl (C=O) groups excluding carboxylic acids is 1. The van der Waals surface area contributed by atoms with Crippen LogP contribution in [0.1, 0.15) is 10.5 Å². The molecule has 1 heterocycles. The van der Waals surface area contributed by atoms with Crippen LogP contribution in [0.5, 0.6) is 0 Å². The summed E-state index contributed by atoms with van der Waals surface area (Å²) in [6, 6.07) is 5.72. The monoisotopic (exact) mass is 270 g/mol. The highest BCUT2D eigenvalue weighted by atomic mass is 35.5. The van der Waals surface area contributed by atoms with E-state index in [4.69, 9.17) is 11.1 Å². The lowest BCUT2D eigenvalue weighted by atomic mass is 10.2. The van der Waals surface area contributed by atoms with E-state index in [9.17, 15) is 9.18 Å². The molecule has 0 aliphatic carbocycles. The smallest absolute Gasteiger partial charge is 0.276 e. The summed E-state index contributed by atoms with van der Waals surface area (Å²) in [5.41, 5.74) is 6.13. The van der Waals surface area contributed by atoms with E-state index in [1.807, 2.05) is 0 Å². The van der Waals surface area contributed by atoms with Gasteiger partial charge in [-0.2, -0.15) is 0 Å². The Kier molecular flexibility index (Phi) is 3.93. The minimum atomic E-state index is -0.436. The lowest BCUT2D eigenvalue weighted by Crippen LogP contribution is -2.38. The maximum atomic E-state index is 13.0. The van der Waals surface area contributed by atoms with Gasteiger partial charge in [0.2, 0.25) is 0 Å². The minimum absolute atomic E-state index is 0. The number of halogens is 2. The van der Waals surface area contributed by atoms with E-state index in [-0.39, 0.29) is 29.9 Å². The molecule has 4 N–H and O–H groups in total. The van der Waals surface area contributed by atoms with Gasteiger partial charge < -0.3 is 10.7 Å². The number of nitrogens with one attached hydrogen (secondary N) is 2. The van der Waals surface area contributed by atoms with Crippen LogP contribution < -0.4 is 5.73 Å². The van der Waals surface area contributed by atoms with Crippen molar-refractivity contribution in [3.8, 4) is 0 Å². The zero-order valence-corrected chi connectivity index (χ0v) is 10.3. The van der Waals surface area contributed by atoms with Crippen molar-refractivity contribution in [2.75, 3.05) is 7.05 Å². The molecule has 0 aliphatic heterocycles. The quantitative estimate of drug-likeness (QED) is 0.544. The summed E-state index contributed by atoms with van der Waals surface area (Å²) in [5, 5.41) is 7.76. The van der Waals surface area contributed by atoms with Crippen molar-refractivity contribution in [3.05, 3.63) is 35.8 Å². The first-order valence-corrected chi connectivity index (χ1v) is 4.89. The average Bonchev–Trinajstić information content (AvgIpc) is 2.69. The van der Waals surface area contributed by atoms with Gasteiger partial charge >= 0.3 is 0 Å². The standard InChI is InChI=1S/C11H11FN4O.ClH/c1-16(11(13)14)10(17)9-5-6-4-7(12)2-3-8(6)15-9;/h2-5,15H,1H3,(H3,13,14);1H. The largest absolute Gasteiger partial charge is 0.370 e. The summed E-state index contributed by atoms with van der Waals surface area (Å²) < 4.78 is 13.0. The van der Waals surface area contributed by atoms with Gasteiger partial charge in [0.25, 0.3) is 5.91 Å². The van der Waals surface area contributed by atoms with Crippen molar-refractivity contribution in [1.82, 2.24) is 9.88 Å². The van der Waals surface area contributed by atoms with E-state index in [1.54, 1.807) is 6.07 Å². The van der Waals surface area contributed by atoms with Gasteiger partial charge in [0.05, 0.1) is 0 Å². The van der Waals surface area contributed by atoms with Gasteiger partial charge in [0, 0.05) is 18.0 Å². The van der Waals surface area contributed by atoms with E-state index < -0.39 is 5.91 Å². The number of rotatable bonds is 1. The first-order valence-electron chi connectivity index (χ1n) is 4.89. The first kappa shape index (κ1) is 14.0.